The van der Waals surface area contributed by atoms with Gasteiger partial charge in [0, 0.05) is 37.4 Å². The normalized spacial score (nSPS) is 16.4. The topological polar surface area (TPSA) is 61.9 Å². The van der Waals surface area contributed by atoms with Crippen LogP contribution in [0.15, 0.2) is 36.4 Å². The molecule has 0 aliphatic carbocycles. The Morgan fingerprint density at radius 2 is 1.85 bits per heavy atom. The summed E-state index contributed by atoms with van der Waals surface area (Å²) in [6, 6.07) is 11.5. The third-order valence-corrected chi connectivity index (χ3v) is 5.35. The van der Waals surface area contributed by atoms with Gasteiger partial charge in [-0.1, -0.05) is 12.1 Å². The van der Waals surface area contributed by atoms with E-state index in [0.717, 1.165) is 13.1 Å². The minimum atomic E-state index is -0.177. The van der Waals surface area contributed by atoms with Crippen LogP contribution in [-0.2, 0) is 4.79 Å². The first kappa shape index (κ1) is 17.4. The summed E-state index contributed by atoms with van der Waals surface area (Å²) in [5, 5.41) is 2.74. The molecule has 0 atom stereocenters. The molecule has 140 valence electrons. The van der Waals surface area contributed by atoms with Crippen molar-refractivity contribution >= 4 is 23.2 Å². The summed E-state index contributed by atoms with van der Waals surface area (Å²) in [5.41, 5.74) is 5.03. The molecule has 2 aliphatic rings. The van der Waals surface area contributed by atoms with Crippen LogP contribution in [0, 0.1) is 13.8 Å². The average Bonchev–Trinajstić information content (AvgIpc) is 2.69. The van der Waals surface area contributed by atoms with Crippen LogP contribution < -0.4 is 15.0 Å². The van der Waals surface area contributed by atoms with E-state index in [-0.39, 0.29) is 18.4 Å². The molecule has 1 N–H and O–H groups in total. The molecule has 6 nitrogen and oxygen atoms in total. The molecule has 0 bridgehead atoms. The quantitative estimate of drug-likeness (QED) is 0.889. The molecular weight excluding hydrogens is 342 g/mol. The minimum Gasteiger partial charge on any atom is -0.482 e. The van der Waals surface area contributed by atoms with Crippen molar-refractivity contribution in [2.75, 3.05) is 43.0 Å². The maximum Gasteiger partial charge on any atom is 0.262 e. The van der Waals surface area contributed by atoms with E-state index in [1.165, 1.54) is 16.8 Å². The molecule has 0 aromatic heterocycles. The van der Waals surface area contributed by atoms with Gasteiger partial charge in [-0.25, -0.2) is 0 Å². The second kappa shape index (κ2) is 6.95. The van der Waals surface area contributed by atoms with Crippen LogP contribution in [0.5, 0.6) is 5.75 Å². The number of rotatable bonds is 2. The van der Waals surface area contributed by atoms with Crippen LogP contribution in [0.2, 0.25) is 0 Å². The van der Waals surface area contributed by atoms with Crippen LogP contribution in [0.1, 0.15) is 21.5 Å². The fourth-order valence-corrected chi connectivity index (χ4v) is 3.62. The molecule has 6 heteroatoms. The van der Waals surface area contributed by atoms with E-state index in [9.17, 15) is 9.59 Å². The highest BCUT2D eigenvalue weighted by molar-refractivity contribution is 5.99. The zero-order valence-electron chi connectivity index (χ0n) is 15.6. The zero-order valence-corrected chi connectivity index (χ0v) is 15.6. The lowest BCUT2D eigenvalue weighted by Gasteiger charge is -2.37. The van der Waals surface area contributed by atoms with Gasteiger partial charge < -0.3 is 19.9 Å². The number of piperazine rings is 1. The van der Waals surface area contributed by atoms with Gasteiger partial charge in [0.15, 0.2) is 6.61 Å². The van der Waals surface area contributed by atoms with Crippen LogP contribution in [-0.4, -0.2) is 49.5 Å². The van der Waals surface area contributed by atoms with Crippen LogP contribution in [0.3, 0.4) is 0 Å². The lowest BCUT2D eigenvalue weighted by molar-refractivity contribution is -0.118. The van der Waals surface area contributed by atoms with Crippen molar-refractivity contribution in [3.63, 3.8) is 0 Å². The number of carbonyl (C=O) groups is 2. The molecule has 2 heterocycles. The lowest BCUT2D eigenvalue weighted by atomic mass is 10.1. The smallest absolute Gasteiger partial charge is 0.262 e. The minimum absolute atomic E-state index is 0.00101. The number of aryl methyl sites for hydroxylation is 1. The van der Waals surface area contributed by atoms with Crippen molar-refractivity contribution in [2.45, 2.75) is 13.8 Å². The highest BCUT2D eigenvalue weighted by atomic mass is 16.5. The molecule has 2 aromatic rings. The van der Waals surface area contributed by atoms with E-state index in [1.54, 1.807) is 18.2 Å². The van der Waals surface area contributed by atoms with E-state index in [4.69, 9.17) is 4.74 Å². The van der Waals surface area contributed by atoms with Crippen molar-refractivity contribution in [3.05, 3.63) is 53.1 Å². The Bertz CT molecular complexity index is 902. The number of anilines is 2. The number of nitrogens with one attached hydrogen (secondary N) is 1. The van der Waals surface area contributed by atoms with Gasteiger partial charge in [0.25, 0.3) is 11.8 Å². The number of fused-ring (bicyclic) bond motifs is 1. The van der Waals surface area contributed by atoms with E-state index < -0.39 is 0 Å². The van der Waals surface area contributed by atoms with Gasteiger partial charge in [-0.3, -0.25) is 9.59 Å². The Hall–Kier alpha value is -3.02. The molecule has 27 heavy (non-hydrogen) atoms. The fraction of sp³-hybridized carbons (Fsp3) is 0.333. The van der Waals surface area contributed by atoms with Gasteiger partial charge in [0.05, 0.1) is 5.69 Å². The second-order valence-electron chi connectivity index (χ2n) is 7.05. The van der Waals surface area contributed by atoms with Gasteiger partial charge in [-0.2, -0.15) is 0 Å². The first-order chi connectivity index (χ1) is 13.0. The third kappa shape index (κ3) is 3.35. The number of hydrogen-bond donors (Lipinski definition) is 1. The van der Waals surface area contributed by atoms with Crippen molar-refractivity contribution in [1.82, 2.24) is 4.90 Å². The summed E-state index contributed by atoms with van der Waals surface area (Å²) in [4.78, 5) is 28.5. The Morgan fingerprint density at radius 1 is 1.07 bits per heavy atom. The highest BCUT2D eigenvalue weighted by Crippen LogP contribution is 2.29. The largest absolute Gasteiger partial charge is 0.482 e. The van der Waals surface area contributed by atoms with Crippen LogP contribution in [0.25, 0.3) is 0 Å². The zero-order chi connectivity index (χ0) is 19.0. The molecule has 4 rings (SSSR count). The van der Waals surface area contributed by atoms with Crippen molar-refractivity contribution in [1.29, 1.82) is 0 Å². The summed E-state index contributed by atoms with van der Waals surface area (Å²) in [7, 11) is 0. The number of nitrogens with zero attached hydrogens (tertiary/aromatic N) is 2. The number of ether oxygens (including phenoxy) is 1. The van der Waals surface area contributed by atoms with Gasteiger partial charge in [-0.05, 0) is 49.2 Å². The van der Waals surface area contributed by atoms with Crippen molar-refractivity contribution in [3.8, 4) is 5.75 Å². The molecule has 2 aromatic carbocycles. The van der Waals surface area contributed by atoms with Gasteiger partial charge >= 0.3 is 0 Å². The molecule has 0 saturated carbocycles. The van der Waals surface area contributed by atoms with Crippen LogP contribution >= 0.6 is 0 Å². The van der Waals surface area contributed by atoms with E-state index in [1.807, 2.05) is 4.90 Å². The summed E-state index contributed by atoms with van der Waals surface area (Å²) in [5.74, 6) is 0.373. The van der Waals surface area contributed by atoms with E-state index in [0.29, 0.717) is 30.1 Å². The summed E-state index contributed by atoms with van der Waals surface area (Å²) in [6.07, 6.45) is 0. The molecule has 1 fully saturated rings. The first-order valence-electron chi connectivity index (χ1n) is 9.20. The molecule has 2 amide bonds. The fourth-order valence-electron chi connectivity index (χ4n) is 3.62. The third-order valence-electron chi connectivity index (χ3n) is 5.35. The number of hydrogen-bond acceptors (Lipinski definition) is 4. The molecule has 0 radical (unpaired) electrons. The summed E-state index contributed by atoms with van der Waals surface area (Å²) < 4.78 is 5.42. The van der Waals surface area contributed by atoms with E-state index in [2.05, 4.69) is 42.3 Å². The number of amides is 2. The molecule has 0 unspecified atom stereocenters. The Balaban J connectivity index is 1.44. The predicted octanol–water partition coefficient (Wildman–Crippen LogP) is 2.60. The second-order valence-corrected chi connectivity index (χ2v) is 7.05. The van der Waals surface area contributed by atoms with Crippen molar-refractivity contribution in [2.24, 2.45) is 0 Å². The Morgan fingerprint density at radius 3 is 2.63 bits per heavy atom. The molecule has 0 spiro atoms. The predicted molar refractivity (Wildman–Crippen MR) is 105 cm³/mol. The van der Waals surface area contributed by atoms with E-state index >= 15 is 0 Å². The molecule has 1 saturated heterocycles. The number of benzene rings is 2. The highest BCUT2D eigenvalue weighted by Gasteiger charge is 2.25. The maximum atomic E-state index is 12.9. The Kier molecular flexibility index (Phi) is 4.48. The SMILES string of the molecule is Cc1cccc(N2CCN(C(=O)c3ccc4c(c3)OCC(=O)N4)CC2)c1C. The van der Waals surface area contributed by atoms with Gasteiger partial charge in [-0.15, -0.1) is 0 Å². The van der Waals surface area contributed by atoms with Crippen LogP contribution in [0.4, 0.5) is 11.4 Å². The monoisotopic (exact) mass is 365 g/mol. The van der Waals surface area contributed by atoms with Gasteiger partial charge in [0.2, 0.25) is 0 Å². The number of carbonyl (C=O) groups excluding carboxylic acids is 2. The standard InChI is InChI=1S/C21H23N3O3/c1-14-4-3-5-18(15(14)2)23-8-10-24(11-9-23)21(26)16-6-7-17-19(12-16)27-13-20(25)22-17/h3-7,12H,8-11,13H2,1-2H3,(H,22,25). The lowest BCUT2D eigenvalue weighted by Crippen LogP contribution is -2.49. The van der Waals surface area contributed by atoms with Gasteiger partial charge in [0.1, 0.15) is 5.75 Å². The van der Waals surface area contributed by atoms with Crippen molar-refractivity contribution < 1.29 is 14.3 Å². The first-order valence-corrected chi connectivity index (χ1v) is 9.20. The maximum absolute atomic E-state index is 12.9. The summed E-state index contributed by atoms with van der Waals surface area (Å²) in [6.45, 7) is 7.25. The molecular formula is C21H23N3O3. The Labute approximate surface area is 158 Å². The molecule has 2 aliphatic heterocycles. The summed E-state index contributed by atoms with van der Waals surface area (Å²) >= 11 is 0. The average molecular weight is 365 g/mol.